The fourth-order valence-corrected chi connectivity index (χ4v) is 3.45. The third-order valence-corrected chi connectivity index (χ3v) is 5.02. The number of carbonyl (C=O) groups excluding carboxylic acids is 2. The number of aromatic nitrogens is 1. The van der Waals surface area contributed by atoms with Crippen LogP contribution in [0.4, 0.5) is 5.69 Å². The lowest BCUT2D eigenvalue weighted by Crippen LogP contribution is -2.32. The molecule has 1 aromatic heterocycles. The van der Waals surface area contributed by atoms with Crippen LogP contribution in [0.5, 0.6) is 5.75 Å². The van der Waals surface area contributed by atoms with Gasteiger partial charge in [0.25, 0.3) is 5.91 Å². The highest BCUT2D eigenvalue weighted by Gasteiger charge is 2.37. The number of ether oxygens (including phenoxy) is 2. The van der Waals surface area contributed by atoms with Gasteiger partial charge in [-0.1, -0.05) is 12.1 Å². The molecule has 0 spiro atoms. The Hall–Kier alpha value is -3.87. The molecule has 0 unspecified atom stereocenters. The molecule has 1 N–H and O–H groups in total. The number of hydrogen-bond acceptors (Lipinski definition) is 6. The number of fused-ring (bicyclic) bond motifs is 1. The molecule has 4 rings (SSSR count). The number of nitrogens with one attached hydrogen (secondary N) is 1. The van der Waals surface area contributed by atoms with Crippen LogP contribution in [-0.4, -0.2) is 36.0 Å². The predicted octanol–water partition coefficient (Wildman–Crippen LogP) is 3.64. The molecular weight excluding hydrogens is 382 g/mol. The van der Waals surface area contributed by atoms with Crippen LogP contribution in [0, 0.1) is 0 Å². The van der Waals surface area contributed by atoms with Crippen molar-refractivity contribution < 1.29 is 19.1 Å². The molecule has 0 radical (unpaired) electrons. The second kappa shape index (κ2) is 8.24. The Morgan fingerprint density at radius 2 is 1.80 bits per heavy atom. The Balaban J connectivity index is 1.61. The van der Waals surface area contributed by atoms with Crippen molar-refractivity contribution in [2.75, 3.05) is 19.5 Å². The van der Waals surface area contributed by atoms with Gasteiger partial charge in [-0.25, -0.2) is 4.79 Å². The molecule has 1 aliphatic heterocycles. The average molecular weight is 403 g/mol. The molecule has 1 aliphatic rings. The summed E-state index contributed by atoms with van der Waals surface area (Å²) in [6, 6.07) is 18.1. The van der Waals surface area contributed by atoms with E-state index in [9.17, 15) is 9.59 Å². The summed E-state index contributed by atoms with van der Waals surface area (Å²) in [6.45, 7) is 0.414. The molecule has 7 nitrogen and oxygen atoms in total. The fraction of sp³-hybridized carbons (Fsp3) is 0.174. The van der Waals surface area contributed by atoms with Gasteiger partial charge in [0.05, 0.1) is 31.0 Å². The highest BCUT2D eigenvalue weighted by Crippen LogP contribution is 2.34. The zero-order valence-corrected chi connectivity index (χ0v) is 16.7. The van der Waals surface area contributed by atoms with Gasteiger partial charge in [-0.15, -0.1) is 0 Å². The summed E-state index contributed by atoms with van der Waals surface area (Å²) in [6.07, 6.45) is 1.25. The van der Waals surface area contributed by atoms with E-state index in [0.717, 1.165) is 17.0 Å². The Morgan fingerprint density at radius 3 is 2.47 bits per heavy atom. The predicted molar refractivity (Wildman–Crippen MR) is 111 cm³/mol. The summed E-state index contributed by atoms with van der Waals surface area (Å²) >= 11 is 0. The highest BCUT2D eigenvalue weighted by molar-refractivity contribution is 5.99. The largest absolute Gasteiger partial charge is 0.497 e. The van der Waals surface area contributed by atoms with Crippen molar-refractivity contribution in [2.45, 2.75) is 12.7 Å². The number of carbonyl (C=O) groups is 2. The van der Waals surface area contributed by atoms with E-state index in [1.165, 1.54) is 7.11 Å². The fourth-order valence-electron chi connectivity index (χ4n) is 3.45. The van der Waals surface area contributed by atoms with Crippen LogP contribution >= 0.6 is 0 Å². The van der Waals surface area contributed by atoms with Crippen molar-refractivity contribution in [3.63, 3.8) is 0 Å². The maximum Gasteiger partial charge on any atom is 0.337 e. The van der Waals surface area contributed by atoms with E-state index >= 15 is 0 Å². The molecule has 3 aromatic rings. The molecule has 0 saturated carbocycles. The molecule has 30 heavy (non-hydrogen) atoms. The minimum absolute atomic E-state index is 0.0856. The molecule has 1 atom stereocenters. The number of hydrogen-bond donors (Lipinski definition) is 1. The van der Waals surface area contributed by atoms with Crippen molar-refractivity contribution in [1.82, 2.24) is 9.88 Å². The summed E-state index contributed by atoms with van der Waals surface area (Å²) < 4.78 is 9.95. The first-order valence-electron chi connectivity index (χ1n) is 9.44. The van der Waals surface area contributed by atoms with E-state index in [2.05, 4.69) is 10.3 Å². The lowest BCUT2D eigenvalue weighted by Gasteiger charge is -2.26. The zero-order chi connectivity index (χ0) is 21.1. The number of benzene rings is 2. The van der Waals surface area contributed by atoms with Crippen LogP contribution in [0.3, 0.4) is 0 Å². The van der Waals surface area contributed by atoms with Crippen LogP contribution in [-0.2, 0) is 11.3 Å². The standard InChI is InChI=1S/C23H21N3O4/c1-29-18-11-5-15(6-12-18)14-26-21(20-19(22(26)27)4-3-13-24-20)25-17-9-7-16(8-10-17)23(28)30-2/h3-13,21,25H,14H2,1-2H3/t21-/m0/s1. The first kappa shape index (κ1) is 19.4. The molecular formula is C23H21N3O4. The average Bonchev–Trinajstić information content (AvgIpc) is 3.05. The van der Waals surface area contributed by atoms with Gasteiger partial charge in [0.1, 0.15) is 11.9 Å². The Labute approximate surface area is 174 Å². The third-order valence-electron chi connectivity index (χ3n) is 5.02. The highest BCUT2D eigenvalue weighted by atomic mass is 16.5. The van der Waals surface area contributed by atoms with E-state index in [0.29, 0.717) is 23.4 Å². The summed E-state index contributed by atoms with van der Waals surface area (Å²) in [5.74, 6) is 0.278. The molecule has 1 amide bonds. The quantitative estimate of drug-likeness (QED) is 0.633. The molecule has 0 fully saturated rings. The molecule has 7 heteroatoms. The Morgan fingerprint density at radius 1 is 1.07 bits per heavy atom. The van der Waals surface area contributed by atoms with Gasteiger partial charge >= 0.3 is 5.97 Å². The number of pyridine rings is 1. The van der Waals surface area contributed by atoms with Crippen LogP contribution in [0.15, 0.2) is 66.9 Å². The van der Waals surface area contributed by atoms with Gasteiger partial charge in [0.15, 0.2) is 0 Å². The van der Waals surface area contributed by atoms with Crippen molar-refractivity contribution in [2.24, 2.45) is 0 Å². The van der Waals surface area contributed by atoms with Crippen LogP contribution in [0.25, 0.3) is 0 Å². The van der Waals surface area contributed by atoms with Crippen molar-refractivity contribution in [3.05, 3.63) is 89.2 Å². The Bertz CT molecular complexity index is 1060. The number of amides is 1. The van der Waals surface area contributed by atoms with E-state index in [1.54, 1.807) is 54.6 Å². The van der Waals surface area contributed by atoms with Gasteiger partial charge in [0.2, 0.25) is 0 Å². The monoisotopic (exact) mass is 403 g/mol. The smallest absolute Gasteiger partial charge is 0.337 e. The topological polar surface area (TPSA) is 80.8 Å². The normalized spacial score (nSPS) is 14.9. The van der Waals surface area contributed by atoms with E-state index in [1.807, 2.05) is 24.3 Å². The number of anilines is 1. The molecule has 2 aromatic carbocycles. The number of nitrogens with zero attached hydrogens (tertiary/aromatic N) is 2. The van der Waals surface area contributed by atoms with Gasteiger partial charge < -0.3 is 19.7 Å². The van der Waals surface area contributed by atoms with Gasteiger partial charge in [-0.05, 0) is 54.1 Å². The SMILES string of the molecule is COC(=O)c1ccc(N[C@@H]2c3ncccc3C(=O)N2Cc2ccc(OC)cc2)cc1. The van der Waals surface area contributed by atoms with Gasteiger partial charge in [0, 0.05) is 18.4 Å². The maximum absolute atomic E-state index is 13.1. The van der Waals surface area contributed by atoms with E-state index in [4.69, 9.17) is 9.47 Å². The number of rotatable bonds is 6. The maximum atomic E-state index is 13.1. The van der Waals surface area contributed by atoms with Crippen molar-refractivity contribution >= 4 is 17.6 Å². The van der Waals surface area contributed by atoms with E-state index < -0.39 is 12.1 Å². The summed E-state index contributed by atoms with van der Waals surface area (Å²) in [5, 5.41) is 3.37. The van der Waals surface area contributed by atoms with Crippen molar-refractivity contribution in [1.29, 1.82) is 0 Å². The molecule has 2 heterocycles. The minimum Gasteiger partial charge on any atom is -0.497 e. The third kappa shape index (κ3) is 3.69. The van der Waals surface area contributed by atoms with Gasteiger partial charge in [-0.3, -0.25) is 9.78 Å². The summed E-state index contributed by atoms with van der Waals surface area (Å²) in [5.41, 5.74) is 3.45. The van der Waals surface area contributed by atoms with Crippen LogP contribution in [0.1, 0.15) is 38.1 Å². The lowest BCUT2D eigenvalue weighted by molar-refractivity contribution is 0.0600. The molecule has 0 aliphatic carbocycles. The second-order valence-corrected chi connectivity index (χ2v) is 6.83. The first-order chi connectivity index (χ1) is 14.6. The molecule has 0 bridgehead atoms. The first-order valence-corrected chi connectivity index (χ1v) is 9.44. The van der Waals surface area contributed by atoms with Crippen LogP contribution < -0.4 is 10.1 Å². The zero-order valence-electron chi connectivity index (χ0n) is 16.7. The molecule has 152 valence electrons. The lowest BCUT2D eigenvalue weighted by atomic mass is 10.2. The minimum atomic E-state index is -0.431. The van der Waals surface area contributed by atoms with Gasteiger partial charge in [-0.2, -0.15) is 0 Å². The van der Waals surface area contributed by atoms with Crippen LogP contribution in [0.2, 0.25) is 0 Å². The summed E-state index contributed by atoms with van der Waals surface area (Å²) in [7, 11) is 2.96. The molecule has 0 saturated heterocycles. The van der Waals surface area contributed by atoms with Crippen molar-refractivity contribution in [3.8, 4) is 5.75 Å². The second-order valence-electron chi connectivity index (χ2n) is 6.83. The number of methoxy groups -OCH3 is 2. The van der Waals surface area contributed by atoms with E-state index in [-0.39, 0.29) is 5.91 Å². The number of esters is 1. The Kier molecular flexibility index (Phi) is 5.34. The summed E-state index contributed by atoms with van der Waals surface area (Å²) in [4.78, 5) is 30.9.